The molecule has 2 saturated heterocycles. The molecule has 2 aliphatic rings. The van der Waals surface area contributed by atoms with E-state index < -0.39 is 15.6 Å². The summed E-state index contributed by atoms with van der Waals surface area (Å²) in [7, 11) is -3.24. The Bertz CT molecular complexity index is 849. The zero-order valence-electron chi connectivity index (χ0n) is 16.8. The molecule has 3 atom stereocenters. The van der Waals surface area contributed by atoms with Crippen molar-refractivity contribution in [2.45, 2.75) is 50.3 Å². The predicted octanol–water partition coefficient (Wildman–Crippen LogP) is 0.993. The van der Waals surface area contributed by atoms with E-state index in [0.29, 0.717) is 13.1 Å². The van der Waals surface area contributed by atoms with Crippen LogP contribution in [-0.2, 0) is 10.0 Å². The number of hydrogen-bond acceptors (Lipinski definition) is 5. The van der Waals surface area contributed by atoms with Crippen LogP contribution < -0.4 is 0 Å². The molecule has 6 nitrogen and oxygen atoms in total. The summed E-state index contributed by atoms with van der Waals surface area (Å²) in [5.74, 6) is 5.85. The van der Waals surface area contributed by atoms with Crippen LogP contribution in [-0.4, -0.2) is 78.0 Å². The Labute approximate surface area is 168 Å². The van der Waals surface area contributed by atoms with Crippen LogP contribution in [0.25, 0.3) is 0 Å². The molecule has 0 saturated carbocycles. The fraction of sp³-hybridized carbons (Fsp3) is 0.619. The monoisotopic (exact) mass is 406 g/mol. The molecule has 0 aromatic heterocycles. The Morgan fingerprint density at radius 2 is 1.82 bits per heavy atom. The summed E-state index contributed by atoms with van der Waals surface area (Å²) in [5.41, 5.74) is 0.865. The summed E-state index contributed by atoms with van der Waals surface area (Å²) < 4.78 is 25.9. The van der Waals surface area contributed by atoms with E-state index in [9.17, 15) is 18.6 Å². The van der Waals surface area contributed by atoms with Gasteiger partial charge in [0.05, 0.1) is 12.9 Å². The van der Waals surface area contributed by atoms with Crippen molar-refractivity contribution in [3.63, 3.8) is 0 Å². The summed E-state index contributed by atoms with van der Waals surface area (Å²) in [6, 6.07) is 7.93. The van der Waals surface area contributed by atoms with Gasteiger partial charge in [-0.1, -0.05) is 24.0 Å². The first-order valence-electron chi connectivity index (χ1n) is 9.77. The van der Waals surface area contributed by atoms with Crippen LogP contribution >= 0.6 is 0 Å². The highest BCUT2D eigenvalue weighted by atomic mass is 32.2. The molecule has 1 aromatic rings. The van der Waals surface area contributed by atoms with E-state index >= 15 is 0 Å². The van der Waals surface area contributed by atoms with Crippen molar-refractivity contribution in [2.24, 2.45) is 0 Å². The van der Waals surface area contributed by atoms with E-state index in [1.807, 2.05) is 24.3 Å². The van der Waals surface area contributed by atoms with Crippen molar-refractivity contribution in [3.05, 3.63) is 35.4 Å². The number of nitrogens with zero attached hydrogens (tertiary/aromatic N) is 2. The van der Waals surface area contributed by atoms with Crippen molar-refractivity contribution in [2.75, 3.05) is 32.5 Å². The second kappa shape index (κ2) is 8.13. The van der Waals surface area contributed by atoms with E-state index in [4.69, 9.17) is 0 Å². The first-order valence-corrected chi connectivity index (χ1v) is 11.6. The number of aliphatic hydroxyl groups excluding tert-OH is 1. The Kier molecular flexibility index (Phi) is 6.18. The quantitative estimate of drug-likeness (QED) is 0.732. The van der Waals surface area contributed by atoms with Gasteiger partial charge in [0.1, 0.15) is 5.60 Å². The van der Waals surface area contributed by atoms with Crippen molar-refractivity contribution in [1.82, 2.24) is 9.21 Å². The number of aliphatic hydroxyl groups is 2. The van der Waals surface area contributed by atoms with Crippen molar-refractivity contribution < 1.29 is 18.6 Å². The zero-order chi connectivity index (χ0) is 20.5. The van der Waals surface area contributed by atoms with Gasteiger partial charge in [0.25, 0.3) is 0 Å². The zero-order valence-corrected chi connectivity index (χ0v) is 17.6. The van der Waals surface area contributed by atoms with E-state index in [-0.39, 0.29) is 24.6 Å². The molecule has 2 heterocycles. The molecule has 28 heavy (non-hydrogen) atoms. The normalized spacial score (nSPS) is 27.0. The Balaban J connectivity index is 1.84. The smallest absolute Gasteiger partial charge is 0.211 e. The molecule has 0 radical (unpaired) electrons. The number of benzene rings is 1. The lowest BCUT2D eigenvalue weighted by atomic mass is 9.74. The van der Waals surface area contributed by atoms with Crippen LogP contribution in [0, 0.1) is 11.8 Å². The predicted molar refractivity (Wildman–Crippen MR) is 109 cm³/mol. The summed E-state index contributed by atoms with van der Waals surface area (Å²) in [5, 5.41) is 19.7. The van der Waals surface area contributed by atoms with Gasteiger partial charge < -0.3 is 10.2 Å². The maximum absolute atomic E-state index is 12.1. The van der Waals surface area contributed by atoms with Gasteiger partial charge in [-0.15, -0.1) is 0 Å². The largest absolute Gasteiger partial charge is 0.395 e. The molecule has 2 fully saturated rings. The average Bonchev–Trinajstić information content (AvgIpc) is 2.58. The van der Waals surface area contributed by atoms with Crippen LogP contribution in [0.3, 0.4) is 0 Å². The van der Waals surface area contributed by atoms with Crippen LogP contribution in [0.5, 0.6) is 0 Å². The summed E-state index contributed by atoms with van der Waals surface area (Å²) >= 11 is 0. The molecular formula is C21H30N2O4S. The second-order valence-corrected chi connectivity index (χ2v) is 10.3. The van der Waals surface area contributed by atoms with E-state index in [1.165, 1.54) is 6.26 Å². The van der Waals surface area contributed by atoms with Gasteiger partial charge in [-0.25, -0.2) is 12.7 Å². The molecule has 0 bridgehead atoms. The first-order chi connectivity index (χ1) is 13.1. The standard InChI is InChI=1S/C21H30N2O4S/c1-21(2,25)11-10-16-6-8-17(9-7-16)20-18-14-22(28(3,26)27)12-4-5-13-23(18)19(20)15-24/h6-9,18-20,24-25H,4-5,12-15H2,1-3H3/t18-,19-,20+/m0/s1. The molecule has 0 unspecified atom stereocenters. The fourth-order valence-corrected chi connectivity index (χ4v) is 5.11. The Morgan fingerprint density at radius 1 is 1.18 bits per heavy atom. The van der Waals surface area contributed by atoms with Crippen molar-refractivity contribution in [3.8, 4) is 11.8 Å². The lowest BCUT2D eigenvalue weighted by Gasteiger charge is -2.57. The van der Waals surface area contributed by atoms with Crippen LogP contribution in [0.4, 0.5) is 0 Å². The first kappa shape index (κ1) is 21.3. The minimum Gasteiger partial charge on any atom is -0.395 e. The molecule has 2 aliphatic heterocycles. The third-order valence-corrected chi connectivity index (χ3v) is 6.88. The van der Waals surface area contributed by atoms with Gasteiger partial charge in [0.2, 0.25) is 10.0 Å². The molecule has 2 N–H and O–H groups in total. The van der Waals surface area contributed by atoms with Crippen LogP contribution in [0.15, 0.2) is 24.3 Å². The fourth-order valence-electron chi connectivity index (χ4n) is 4.22. The summed E-state index contributed by atoms with van der Waals surface area (Å²) in [6.45, 7) is 5.25. The average molecular weight is 407 g/mol. The number of rotatable bonds is 3. The minimum atomic E-state index is -3.24. The second-order valence-electron chi connectivity index (χ2n) is 8.34. The molecule has 1 aromatic carbocycles. The van der Waals surface area contributed by atoms with Gasteiger partial charge in [-0.2, -0.15) is 0 Å². The topological polar surface area (TPSA) is 81.1 Å². The Hall–Kier alpha value is -1.43. The highest BCUT2D eigenvalue weighted by molar-refractivity contribution is 7.88. The lowest BCUT2D eigenvalue weighted by molar-refractivity contribution is -0.0553. The van der Waals surface area contributed by atoms with Gasteiger partial charge >= 0.3 is 0 Å². The van der Waals surface area contributed by atoms with E-state index in [0.717, 1.165) is 30.5 Å². The highest BCUT2D eigenvalue weighted by Gasteiger charge is 2.49. The third-order valence-electron chi connectivity index (χ3n) is 5.61. The SMILES string of the molecule is CC(C)(O)C#Cc1ccc([C@H]2[C@H](CO)N3CCCCN(S(C)(=O)=O)C[C@@H]23)cc1. The molecule has 154 valence electrons. The highest BCUT2D eigenvalue weighted by Crippen LogP contribution is 2.42. The van der Waals surface area contributed by atoms with E-state index in [2.05, 4.69) is 16.7 Å². The van der Waals surface area contributed by atoms with Crippen molar-refractivity contribution in [1.29, 1.82) is 0 Å². The van der Waals surface area contributed by atoms with Gasteiger partial charge in [0.15, 0.2) is 0 Å². The summed E-state index contributed by atoms with van der Waals surface area (Å²) in [6.07, 6.45) is 3.04. The lowest BCUT2D eigenvalue weighted by Crippen LogP contribution is -2.67. The molecule has 0 aliphatic carbocycles. The molecular weight excluding hydrogens is 376 g/mol. The van der Waals surface area contributed by atoms with Crippen molar-refractivity contribution >= 4 is 10.0 Å². The number of fused-ring (bicyclic) bond motifs is 1. The number of sulfonamides is 1. The third kappa shape index (κ3) is 4.76. The Morgan fingerprint density at radius 3 is 2.39 bits per heavy atom. The van der Waals surface area contributed by atoms with Gasteiger partial charge in [-0.05, 0) is 50.9 Å². The molecule has 0 amide bonds. The van der Waals surface area contributed by atoms with E-state index in [1.54, 1.807) is 18.2 Å². The van der Waals surface area contributed by atoms with Gasteiger partial charge in [-0.3, -0.25) is 4.90 Å². The number of hydrogen-bond donors (Lipinski definition) is 2. The molecule has 3 rings (SSSR count). The van der Waals surface area contributed by atoms with Gasteiger partial charge in [0, 0.05) is 36.7 Å². The summed E-state index contributed by atoms with van der Waals surface area (Å²) in [4.78, 5) is 2.25. The minimum absolute atomic E-state index is 0.0119. The maximum Gasteiger partial charge on any atom is 0.211 e. The molecule has 0 spiro atoms. The maximum atomic E-state index is 12.1. The van der Waals surface area contributed by atoms with Crippen LogP contribution in [0.1, 0.15) is 43.7 Å². The molecule has 7 heteroatoms. The van der Waals surface area contributed by atoms with Crippen LogP contribution in [0.2, 0.25) is 0 Å².